The minimum Gasteiger partial charge on any atom is -0.350 e. The lowest BCUT2D eigenvalue weighted by Gasteiger charge is -2.16. The van der Waals surface area contributed by atoms with Crippen molar-refractivity contribution >= 4 is 21.8 Å². The summed E-state index contributed by atoms with van der Waals surface area (Å²) in [5, 5.41) is 3.11. The van der Waals surface area contributed by atoms with Crippen LogP contribution in [-0.4, -0.2) is 17.0 Å². The van der Waals surface area contributed by atoms with Gasteiger partial charge in [0.05, 0.1) is 0 Å². The Hall–Kier alpha value is -0.770. The Bertz CT molecular complexity index is 451. The summed E-state index contributed by atoms with van der Waals surface area (Å²) in [6.07, 6.45) is 9.22. The number of carbonyl (C=O) groups excluding carboxylic acids is 1. The molecule has 1 unspecified atom stereocenters. The molecule has 1 aromatic rings. The molecular formula is C16H25BrN2O. The molecule has 0 radical (unpaired) electrons. The average Bonchev–Trinajstić information content (AvgIpc) is 3.21. The normalized spacial score (nSPS) is 16.1. The van der Waals surface area contributed by atoms with Crippen molar-refractivity contribution in [3.05, 3.63) is 22.4 Å². The van der Waals surface area contributed by atoms with Crippen LogP contribution in [-0.2, 0) is 0 Å². The second kappa shape index (κ2) is 7.30. The van der Waals surface area contributed by atoms with E-state index in [2.05, 4.69) is 39.7 Å². The lowest BCUT2D eigenvalue weighted by atomic mass is 9.99. The number of halogens is 1. The fraction of sp³-hybridized carbons (Fsp3) is 0.688. The molecule has 0 spiro atoms. The molecular weight excluding hydrogens is 316 g/mol. The zero-order chi connectivity index (χ0) is 14.5. The van der Waals surface area contributed by atoms with Crippen molar-refractivity contribution in [1.82, 2.24) is 9.88 Å². The van der Waals surface area contributed by atoms with Gasteiger partial charge in [-0.1, -0.05) is 33.1 Å². The highest BCUT2D eigenvalue weighted by Gasteiger charge is 2.27. The minimum absolute atomic E-state index is 0.0672. The smallest absolute Gasteiger partial charge is 0.267 e. The van der Waals surface area contributed by atoms with Crippen LogP contribution in [0.25, 0.3) is 0 Å². The van der Waals surface area contributed by atoms with Gasteiger partial charge in [0, 0.05) is 23.3 Å². The standard InChI is InChI=1S/C16H25BrN2O/c1-3-5-6-12(4-2)10-18-16(20)15-9-13(17)11-19(15)14-7-8-14/h9,11-12,14H,3-8,10H2,1-2H3,(H,18,20). The van der Waals surface area contributed by atoms with Crippen molar-refractivity contribution in [1.29, 1.82) is 0 Å². The second-order valence-electron chi connectivity index (χ2n) is 5.81. The largest absolute Gasteiger partial charge is 0.350 e. The van der Waals surface area contributed by atoms with Gasteiger partial charge in [0.25, 0.3) is 5.91 Å². The third-order valence-electron chi connectivity index (χ3n) is 4.08. The first-order valence-electron chi connectivity index (χ1n) is 7.81. The fourth-order valence-electron chi connectivity index (χ4n) is 2.55. The molecule has 3 nitrogen and oxygen atoms in total. The van der Waals surface area contributed by atoms with Crippen LogP contribution in [0.15, 0.2) is 16.7 Å². The van der Waals surface area contributed by atoms with Crippen molar-refractivity contribution in [2.75, 3.05) is 6.54 Å². The number of rotatable bonds is 8. The summed E-state index contributed by atoms with van der Waals surface area (Å²) in [5.74, 6) is 0.671. The zero-order valence-electron chi connectivity index (χ0n) is 12.5. The third kappa shape index (κ3) is 4.11. The molecule has 0 aromatic carbocycles. The number of carbonyl (C=O) groups is 1. The fourth-order valence-corrected chi connectivity index (χ4v) is 2.99. The number of nitrogens with zero attached hydrogens (tertiary/aromatic N) is 1. The molecule has 4 heteroatoms. The van der Waals surface area contributed by atoms with E-state index in [1.807, 2.05) is 12.3 Å². The van der Waals surface area contributed by atoms with Crippen LogP contribution in [0.1, 0.15) is 68.9 Å². The van der Waals surface area contributed by atoms with Gasteiger partial charge in [-0.3, -0.25) is 4.79 Å². The number of aromatic nitrogens is 1. The van der Waals surface area contributed by atoms with E-state index >= 15 is 0 Å². The van der Waals surface area contributed by atoms with Gasteiger partial charge in [-0.25, -0.2) is 0 Å². The Kier molecular flexibility index (Phi) is 5.70. The van der Waals surface area contributed by atoms with Gasteiger partial charge in [-0.2, -0.15) is 0 Å². The van der Waals surface area contributed by atoms with Gasteiger partial charge < -0.3 is 9.88 Å². The molecule has 0 saturated heterocycles. The molecule has 1 heterocycles. The van der Waals surface area contributed by atoms with Crippen molar-refractivity contribution in [2.24, 2.45) is 5.92 Å². The molecule has 1 N–H and O–H groups in total. The molecule has 1 amide bonds. The number of hydrogen-bond acceptors (Lipinski definition) is 1. The van der Waals surface area contributed by atoms with Crippen molar-refractivity contribution in [2.45, 2.75) is 58.4 Å². The lowest BCUT2D eigenvalue weighted by Crippen LogP contribution is -2.30. The number of unbranched alkanes of at least 4 members (excludes halogenated alkanes) is 1. The van der Waals surface area contributed by atoms with Crippen molar-refractivity contribution in [3.63, 3.8) is 0 Å². The van der Waals surface area contributed by atoms with Gasteiger partial charge in [-0.15, -0.1) is 0 Å². The van der Waals surface area contributed by atoms with Crippen LogP contribution < -0.4 is 5.32 Å². The topological polar surface area (TPSA) is 34.0 Å². The summed E-state index contributed by atoms with van der Waals surface area (Å²) in [7, 11) is 0. The van der Waals surface area contributed by atoms with E-state index < -0.39 is 0 Å². The molecule has 20 heavy (non-hydrogen) atoms. The highest BCUT2D eigenvalue weighted by atomic mass is 79.9. The molecule has 112 valence electrons. The van der Waals surface area contributed by atoms with Crippen LogP contribution in [0, 0.1) is 5.92 Å². The van der Waals surface area contributed by atoms with Crippen LogP contribution in [0.3, 0.4) is 0 Å². The minimum atomic E-state index is 0.0672. The van der Waals surface area contributed by atoms with Gasteiger partial charge in [-0.05, 0) is 47.2 Å². The maximum absolute atomic E-state index is 12.4. The molecule has 1 saturated carbocycles. The summed E-state index contributed by atoms with van der Waals surface area (Å²) in [6, 6.07) is 2.46. The summed E-state index contributed by atoms with van der Waals surface area (Å²) < 4.78 is 3.11. The maximum Gasteiger partial charge on any atom is 0.267 e. The van der Waals surface area contributed by atoms with E-state index in [4.69, 9.17) is 0 Å². The molecule has 1 fully saturated rings. The predicted molar refractivity (Wildman–Crippen MR) is 86.0 cm³/mol. The molecule has 0 bridgehead atoms. The predicted octanol–water partition coefficient (Wildman–Crippen LogP) is 4.53. The summed E-state index contributed by atoms with van der Waals surface area (Å²) >= 11 is 3.47. The molecule has 1 aliphatic rings. The Labute approximate surface area is 130 Å². The number of amides is 1. The van der Waals surface area contributed by atoms with E-state index in [1.54, 1.807) is 0 Å². The molecule has 0 aliphatic heterocycles. The Balaban J connectivity index is 1.91. The van der Waals surface area contributed by atoms with Gasteiger partial charge >= 0.3 is 0 Å². The Morgan fingerprint density at radius 2 is 2.25 bits per heavy atom. The number of nitrogens with one attached hydrogen (secondary N) is 1. The van der Waals surface area contributed by atoms with Crippen LogP contribution in [0.5, 0.6) is 0 Å². The average molecular weight is 341 g/mol. The monoisotopic (exact) mass is 340 g/mol. The van der Waals surface area contributed by atoms with Crippen LogP contribution in [0.4, 0.5) is 0 Å². The van der Waals surface area contributed by atoms with E-state index in [-0.39, 0.29) is 5.91 Å². The van der Waals surface area contributed by atoms with Crippen molar-refractivity contribution < 1.29 is 4.79 Å². The first-order chi connectivity index (χ1) is 9.65. The molecule has 2 rings (SSSR count). The summed E-state index contributed by atoms with van der Waals surface area (Å²) in [4.78, 5) is 12.4. The highest BCUT2D eigenvalue weighted by Crippen LogP contribution is 2.37. The number of hydrogen-bond donors (Lipinski definition) is 1. The van der Waals surface area contributed by atoms with E-state index in [1.165, 1.54) is 32.1 Å². The van der Waals surface area contributed by atoms with E-state index in [0.29, 0.717) is 12.0 Å². The summed E-state index contributed by atoms with van der Waals surface area (Å²) in [5.41, 5.74) is 0.796. The summed E-state index contributed by atoms with van der Waals surface area (Å²) in [6.45, 7) is 5.21. The van der Waals surface area contributed by atoms with E-state index in [9.17, 15) is 4.79 Å². The van der Waals surface area contributed by atoms with Gasteiger partial charge in [0.15, 0.2) is 0 Å². The second-order valence-corrected chi connectivity index (χ2v) is 6.72. The quantitative estimate of drug-likeness (QED) is 0.740. The molecule has 1 aromatic heterocycles. The first kappa shape index (κ1) is 15.6. The van der Waals surface area contributed by atoms with Gasteiger partial charge in [0.1, 0.15) is 5.69 Å². The molecule has 1 aliphatic carbocycles. The highest BCUT2D eigenvalue weighted by molar-refractivity contribution is 9.10. The van der Waals surface area contributed by atoms with Crippen molar-refractivity contribution in [3.8, 4) is 0 Å². The zero-order valence-corrected chi connectivity index (χ0v) is 14.1. The lowest BCUT2D eigenvalue weighted by molar-refractivity contribution is 0.0936. The Morgan fingerprint density at radius 3 is 2.85 bits per heavy atom. The van der Waals surface area contributed by atoms with Crippen LogP contribution in [0.2, 0.25) is 0 Å². The van der Waals surface area contributed by atoms with Crippen LogP contribution >= 0.6 is 15.9 Å². The van der Waals surface area contributed by atoms with Gasteiger partial charge in [0.2, 0.25) is 0 Å². The molecule has 1 atom stereocenters. The maximum atomic E-state index is 12.4. The first-order valence-corrected chi connectivity index (χ1v) is 8.60. The Morgan fingerprint density at radius 1 is 1.50 bits per heavy atom. The third-order valence-corrected chi connectivity index (χ3v) is 4.52. The SMILES string of the molecule is CCCCC(CC)CNC(=O)c1cc(Br)cn1C1CC1. The van der Waals surface area contributed by atoms with E-state index in [0.717, 1.165) is 23.1 Å².